The summed E-state index contributed by atoms with van der Waals surface area (Å²) in [6.45, 7) is 0. The van der Waals surface area contributed by atoms with Gasteiger partial charge < -0.3 is 13.4 Å². The average Bonchev–Trinajstić information content (AvgIpc) is 3.91. The highest BCUT2D eigenvalue weighted by molar-refractivity contribution is 6.15. The maximum atomic E-state index is 6.55. The van der Waals surface area contributed by atoms with Gasteiger partial charge in [-0.1, -0.05) is 121 Å². The van der Waals surface area contributed by atoms with Gasteiger partial charge in [-0.3, -0.25) is 0 Å². The molecule has 4 heterocycles. The second-order valence-corrected chi connectivity index (χ2v) is 14.0. The van der Waals surface area contributed by atoms with E-state index < -0.39 is 0 Å². The molecular weight excluding hydrogens is 677 g/mol. The summed E-state index contributed by atoms with van der Waals surface area (Å²) in [6.07, 6.45) is 0. The number of aromatic nitrogens is 4. The molecule has 0 bridgehead atoms. The Morgan fingerprint density at radius 3 is 1.82 bits per heavy atom. The molecule has 6 nitrogen and oxygen atoms in total. The largest absolute Gasteiger partial charge is 0.456 e. The molecule has 8 aromatic carbocycles. The third-order valence-corrected chi connectivity index (χ3v) is 10.8. The lowest BCUT2D eigenvalue weighted by Crippen LogP contribution is -2.04. The zero-order chi connectivity index (χ0) is 36.0. The van der Waals surface area contributed by atoms with Gasteiger partial charge in [0.15, 0.2) is 17.5 Å². The van der Waals surface area contributed by atoms with E-state index in [2.05, 4.69) is 102 Å². The fourth-order valence-corrected chi connectivity index (χ4v) is 8.33. The quantitative estimate of drug-likeness (QED) is 0.182. The Balaban J connectivity index is 1.22. The predicted molar refractivity (Wildman–Crippen MR) is 223 cm³/mol. The Morgan fingerprint density at radius 2 is 0.982 bits per heavy atom. The van der Waals surface area contributed by atoms with E-state index in [-0.39, 0.29) is 0 Å². The summed E-state index contributed by atoms with van der Waals surface area (Å²) in [5.74, 6) is 1.68. The first-order valence-corrected chi connectivity index (χ1v) is 18.4. The molecule has 0 unspecified atom stereocenters. The number of para-hydroxylation sites is 3. The van der Waals surface area contributed by atoms with Gasteiger partial charge in [-0.2, -0.15) is 0 Å². The number of rotatable bonds is 4. The molecule has 6 heteroatoms. The van der Waals surface area contributed by atoms with E-state index >= 15 is 0 Å². The number of hydrogen-bond acceptors (Lipinski definition) is 5. The Morgan fingerprint density at radius 1 is 0.364 bits per heavy atom. The Kier molecular flexibility index (Phi) is 6.24. The summed E-state index contributed by atoms with van der Waals surface area (Å²) < 4.78 is 15.2. The van der Waals surface area contributed by atoms with Crippen molar-refractivity contribution in [2.45, 2.75) is 0 Å². The van der Waals surface area contributed by atoms with Crippen LogP contribution in [0.15, 0.2) is 179 Å². The van der Waals surface area contributed by atoms with Gasteiger partial charge in [0.05, 0.1) is 16.7 Å². The highest BCUT2D eigenvalue weighted by Gasteiger charge is 2.23. The van der Waals surface area contributed by atoms with Crippen LogP contribution >= 0.6 is 0 Å². The number of furan rings is 2. The van der Waals surface area contributed by atoms with Crippen molar-refractivity contribution in [2.24, 2.45) is 0 Å². The van der Waals surface area contributed by atoms with Crippen molar-refractivity contribution in [3.05, 3.63) is 170 Å². The number of fused-ring (bicyclic) bond motifs is 10. The molecule has 0 aliphatic rings. The van der Waals surface area contributed by atoms with Gasteiger partial charge in [0.1, 0.15) is 22.3 Å². The van der Waals surface area contributed by atoms with Crippen molar-refractivity contribution < 1.29 is 8.83 Å². The molecule has 4 aromatic heterocycles. The van der Waals surface area contributed by atoms with Crippen molar-refractivity contribution in [1.82, 2.24) is 19.5 Å². The van der Waals surface area contributed by atoms with Gasteiger partial charge in [0.2, 0.25) is 0 Å². The summed E-state index contributed by atoms with van der Waals surface area (Å²) in [4.78, 5) is 15.8. The van der Waals surface area contributed by atoms with E-state index in [1.54, 1.807) is 0 Å². The van der Waals surface area contributed by atoms with Crippen LogP contribution in [0.25, 0.3) is 116 Å². The zero-order valence-corrected chi connectivity index (χ0v) is 29.3. The summed E-state index contributed by atoms with van der Waals surface area (Å²) in [5, 5.41) is 8.78. The summed E-state index contributed by atoms with van der Waals surface area (Å²) >= 11 is 0. The van der Waals surface area contributed by atoms with Gasteiger partial charge in [-0.05, 0) is 59.3 Å². The van der Waals surface area contributed by atoms with Crippen LogP contribution in [0.4, 0.5) is 0 Å². The third-order valence-electron chi connectivity index (χ3n) is 10.8. The fourth-order valence-electron chi connectivity index (χ4n) is 8.33. The predicted octanol–water partition coefficient (Wildman–Crippen LogP) is 12.9. The van der Waals surface area contributed by atoms with Crippen molar-refractivity contribution >= 4 is 76.5 Å². The van der Waals surface area contributed by atoms with Crippen LogP contribution in [0.3, 0.4) is 0 Å². The Bertz CT molecular complexity index is 3500. The highest BCUT2D eigenvalue weighted by Crippen LogP contribution is 2.42. The molecule has 0 aliphatic carbocycles. The van der Waals surface area contributed by atoms with E-state index in [9.17, 15) is 0 Å². The summed E-state index contributed by atoms with van der Waals surface area (Å²) in [7, 11) is 0. The van der Waals surface area contributed by atoms with Crippen LogP contribution in [-0.4, -0.2) is 19.5 Å². The molecule has 256 valence electrons. The number of benzene rings is 8. The Hall–Kier alpha value is -7.57. The van der Waals surface area contributed by atoms with Gasteiger partial charge in [0.25, 0.3) is 0 Å². The van der Waals surface area contributed by atoms with Crippen LogP contribution in [0.1, 0.15) is 0 Å². The summed E-state index contributed by atoms with van der Waals surface area (Å²) in [5.41, 5.74) is 8.92. The second-order valence-electron chi connectivity index (χ2n) is 14.0. The van der Waals surface area contributed by atoms with E-state index in [1.807, 2.05) is 72.8 Å². The monoisotopic (exact) mass is 704 g/mol. The Labute approximate surface area is 313 Å². The molecule has 55 heavy (non-hydrogen) atoms. The minimum atomic E-state index is 0.540. The molecule has 0 atom stereocenters. The maximum Gasteiger partial charge on any atom is 0.166 e. The first-order valence-electron chi connectivity index (χ1n) is 18.4. The molecular formula is C49H28N4O2. The first-order chi connectivity index (χ1) is 27.2. The van der Waals surface area contributed by atoms with E-state index in [4.69, 9.17) is 23.8 Å². The van der Waals surface area contributed by atoms with Crippen molar-refractivity contribution in [2.75, 3.05) is 0 Å². The van der Waals surface area contributed by atoms with Crippen molar-refractivity contribution in [3.63, 3.8) is 0 Å². The minimum absolute atomic E-state index is 0.540. The van der Waals surface area contributed by atoms with Crippen LogP contribution in [-0.2, 0) is 0 Å². The van der Waals surface area contributed by atoms with Crippen molar-refractivity contribution in [3.8, 4) is 39.9 Å². The lowest BCUT2D eigenvalue weighted by atomic mass is 10.0. The van der Waals surface area contributed by atoms with Gasteiger partial charge in [-0.25, -0.2) is 15.0 Å². The summed E-state index contributed by atoms with van der Waals surface area (Å²) in [6, 6.07) is 58.6. The lowest BCUT2D eigenvalue weighted by molar-refractivity contribution is 0.668. The third kappa shape index (κ3) is 4.52. The van der Waals surface area contributed by atoms with Crippen molar-refractivity contribution in [1.29, 1.82) is 0 Å². The van der Waals surface area contributed by atoms with E-state index in [0.717, 1.165) is 77.3 Å². The van der Waals surface area contributed by atoms with Crippen LogP contribution in [0, 0.1) is 0 Å². The average molecular weight is 705 g/mol. The topological polar surface area (TPSA) is 69.9 Å². The number of nitrogens with zero attached hydrogens (tertiary/aromatic N) is 4. The molecule has 0 radical (unpaired) electrons. The molecule has 0 fully saturated rings. The highest BCUT2D eigenvalue weighted by atomic mass is 16.3. The first kappa shape index (κ1) is 29.9. The molecule has 0 aliphatic heterocycles. The molecule has 0 amide bonds. The smallest absolute Gasteiger partial charge is 0.166 e. The fraction of sp³-hybridized carbons (Fsp3) is 0. The molecule has 12 rings (SSSR count). The van der Waals surface area contributed by atoms with Crippen LogP contribution in [0.2, 0.25) is 0 Å². The van der Waals surface area contributed by atoms with Gasteiger partial charge in [0, 0.05) is 49.0 Å². The molecule has 12 aromatic rings. The molecule has 0 saturated carbocycles. The second kappa shape index (κ2) is 11.5. The maximum absolute atomic E-state index is 6.55. The van der Waals surface area contributed by atoms with E-state index in [0.29, 0.717) is 17.5 Å². The zero-order valence-electron chi connectivity index (χ0n) is 29.3. The standard InChI is InChI=1S/C49H28N4O2/c1-2-13-29(14-3-1)47-50-48(35-20-12-24-44-46(35)34-19-8-11-23-43(34)54-44)52-49(51-47)38-28-45-37(33-18-7-10-22-42(33)55-45)27-41(38)53-39-21-9-6-17-32(39)36-25-30-15-4-5-16-31(30)26-40(36)53/h1-28H. The van der Waals surface area contributed by atoms with Gasteiger partial charge in [-0.15, -0.1) is 0 Å². The lowest BCUT2D eigenvalue weighted by Gasteiger charge is -2.15. The molecule has 0 saturated heterocycles. The van der Waals surface area contributed by atoms with E-state index in [1.165, 1.54) is 21.5 Å². The van der Waals surface area contributed by atoms with Crippen LogP contribution < -0.4 is 0 Å². The SMILES string of the molecule is c1ccc(-c2nc(-c3cc4oc5ccccc5c4cc3-n3c4ccccc4c4cc5ccccc5cc43)nc(-c3cccc4oc5ccccc5c34)n2)cc1. The normalized spacial score (nSPS) is 12.0. The van der Waals surface area contributed by atoms with Crippen LogP contribution in [0.5, 0.6) is 0 Å². The number of hydrogen-bond donors (Lipinski definition) is 0. The minimum Gasteiger partial charge on any atom is -0.456 e. The molecule has 0 N–H and O–H groups in total. The molecule has 0 spiro atoms. The van der Waals surface area contributed by atoms with Gasteiger partial charge >= 0.3 is 0 Å².